The standard InChI is InChI=1S/C14H22N6O2S/c1-3-15-14(16-8-6-10-23(2,21)22)17-11-13-19-18-12-7-4-5-9-20(12)13/h4-5,7,9H,3,6,8,10-11H2,1-2H3,(H2,15,16,17). The fourth-order valence-corrected chi connectivity index (χ4v) is 2.70. The Kier molecular flexibility index (Phi) is 5.91. The van der Waals surface area contributed by atoms with Crippen molar-refractivity contribution in [3.05, 3.63) is 30.2 Å². The second-order valence-electron chi connectivity index (χ2n) is 5.15. The van der Waals surface area contributed by atoms with E-state index in [1.807, 2.05) is 35.7 Å². The van der Waals surface area contributed by atoms with Crippen LogP contribution in [-0.4, -0.2) is 54.1 Å². The fourth-order valence-electron chi connectivity index (χ4n) is 2.03. The van der Waals surface area contributed by atoms with E-state index < -0.39 is 9.84 Å². The topological polar surface area (TPSA) is 101 Å². The first-order valence-corrected chi connectivity index (χ1v) is 9.54. The number of hydrogen-bond acceptors (Lipinski definition) is 5. The third-order valence-electron chi connectivity index (χ3n) is 3.09. The summed E-state index contributed by atoms with van der Waals surface area (Å²) >= 11 is 0. The minimum absolute atomic E-state index is 0.161. The Labute approximate surface area is 135 Å². The van der Waals surface area contributed by atoms with Crippen LogP contribution in [0.2, 0.25) is 0 Å². The predicted molar refractivity (Wildman–Crippen MR) is 90.1 cm³/mol. The molecule has 126 valence electrons. The first kappa shape index (κ1) is 17.2. The van der Waals surface area contributed by atoms with Gasteiger partial charge in [0.05, 0.1) is 5.75 Å². The molecular formula is C14H22N6O2S. The van der Waals surface area contributed by atoms with E-state index in [4.69, 9.17) is 0 Å². The predicted octanol–water partition coefficient (Wildman–Crippen LogP) is 0.219. The number of pyridine rings is 1. The van der Waals surface area contributed by atoms with Crippen molar-refractivity contribution in [1.29, 1.82) is 0 Å². The van der Waals surface area contributed by atoms with Crippen LogP contribution in [0.1, 0.15) is 19.2 Å². The van der Waals surface area contributed by atoms with Gasteiger partial charge in [0.25, 0.3) is 0 Å². The summed E-state index contributed by atoms with van der Waals surface area (Å²) in [5.74, 6) is 1.54. The summed E-state index contributed by atoms with van der Waals surface area (Å²) in [4.78, 5) is 4.46. The first-order valence-electron chi connectivity index (χ1n) is 7.48. The SMILES string of the molecule is CCNC(=NCc1nnc2ccccn12)NCCCS(C)(=O)=O. The lowest BCUT2D eigenvalue weighted by atomic mass is 10.4. The van der Waals surface area contributed by atoms with Crippen LogP contribution in [0, 0.1) is 0 Å². The zero-order valence-corrected chi connectivity index (χ0v) is 14.2. The second-order valence-corrected chi connectivity index (χ2v) is 7.41. The molecule has 9 heteroatoms. The summed E-state index contributed by atoms with van der Waals surface area (Å²) in [5.41, 5.74) is 0.781. The van der Waals surface area contributed by atoms with Crippen LogP contribution in [0.4, 0.5) is 0 Å². The molecule has 2 heterocycles. The number of rotatable bonds is 7. The van der Waals surface area contributed by atoms with Gasteiger partial charge < -0.3 is 10.6 Å². The molecule has 23 heavy (non-hydrogen) atoms. The number of fused-ring (bicyclic) bond motifs is 1. The number of aliphatic imine (C=N–C) groups is 1. The van der Waals surface area contributed by atoms with Gasteiger partial charge in [-0.15, -0.1) is 10.2 Å². The van der Waals surface area contributed by atoms with E-state index >= 15 is 0 Å². The van der Waals surface area contributed by atoms with Crippen LogP contribution in [0.5, 0.6) is 0 Å². The molecule has 2 aromatic rings. The molecule has 2 N–H and O–H groups in total. The number of guanidine groups is 1. The molecule has 0 aliphatic heterocycles. The van der Waals surface area contributed by atoms with E-state index in [1.54, 1.807) is 0 Å². The van der Waals surface area contributed by atoms with E-state index in [-0.39, 0.29) is 5.75 Å². The Hall–Kier alpha value is -2.16. The van der Waals surface area contributed by atoms with Gasteiger partial charge in [-0.1, -0.05) is 6.07 Å². The lowest BCUT2D eigenvalue weighted by Crippen LogP contribution is -2.38. The van der Waals surface area contributed by atoms with Gasteiger partial charge in [-0.3, -0.25) is 4.40 Å². The highest BCUT2D eigenvalue weighted by Crippen LogP contribution is 2.03. The second kappa shape index (κ2) is 7.91. The van der Waals surface area contributed by atoms with Gasteiger partial charge in [0.2, 0.25) is 0 Å². The summed E-state index contributed by atoms with van der Waals surface area (Å²) in [6.45, 7) is 3.62. The van der Waals surface area contributed by atoms with E-state index in [0.717, 1.165) is 18.0 Å². The van der Waals surface area contributed by atoms with E-state index in [9.17, 15) is 8.42 Å². The van der Waals surface area contributed by atoms with E-state index in [0.29, 0.717) is 25.5 Å². The van der Waals surface area contributed by atoms with Crippen molar-refractivity contribution in [2.75, 3.05) is 25.1 Å². The molecule has 0 saturated carbocycles. The smallest absolute Gasteiger partial charge is 0.191 e. The molecule has 2 aromatic heterocycles. The Morgan fingerprint density at radius 2 is 2.13 bits per heavy atom. The summed E-state index contributed by atoms with van der Waals surface area (Å²) in [5, 5.41) is 14.5. The van der Waals surface area contributed by atoms with E-state index in [2.05, 4.69) is 25.8 Å². The third-order valence-corrected chi connectivity index (χ3v) is 4.12. The van der Waals surface area contributed by atoms with Crippen LogP contribution < -0.4 is 10.6 Å². The van der Waals surface area contributed by atoms with Gasteiger partial charge in [0.15, 0.2) is 17.4 Å². The Bertz CT molecular complexity index is 768. The molecule has 0 aromatic carbocycles. The molecule has 0 aliphatic carbocycles. The van der Waals surface area contributed by atoms with Crippen LogP contribution >= 0.6 is 0 Å². The molecule has 0 aliphatic rings. The maximum absolute atomic E-state index is 11.1. The fraction of sp³-hybridized carbons (Fsp3) is 0.500. The number of aromatic nitrogens is 3. The molecular weight excluding hydrogens is 316 g/mol. The zero-order valence-electron chi connectivity index (χ0n) is 13.4. The van der Waals surface area contributed by atoms with Crippen molar-refractivity contribution in [2.24, 2.45) is 4.99 Å². The Morgan fingerprint density at radius 1 is 1.30 bits per heavy atom. The lowest BCUT2D eigenvalue weighted by Gasteiger charge is -2.10. The number of sulfone groups is 1. The summed E-state index contributed by atoms with van der Waals surface area (Å²) in [6, 6.07) is 5.71. The quantitative estimate of drug-likeness (QED) is 0.425. The van der Waals surface area contributed by atoms with Crippen molar-refractivity contribution in [3.8, 4) is 0 Å². The van der Waals surface area contributed by atoms with Crippen LogP contribution in [0.25, 0.3) is 5.65 Å². The third kappa shape index (κ3) is 5.51. The van der Waals surface area contributed by atoms with Crippen molar-refractivity contribution in [2.45, 2.75) is 19.9 Å². The summed E-state index contributed by atoms with van der Waals surface area (Å²) in [6.07, 6.45) is 3.67. The highest BCUT2D eigenvalue weighted by Gasteiger charge is 2.05. The molecule has 0 spiro atoms. The highest BCUT2D eigenvalue weighted by molar-refractivity contribution is 7.90. The zero-order chi connectivity index (χ0) is 16.7. The molecule has 0 atom stereocenters. The van der Waals surface area contributed by atoms with Gasteiger partial charge in [-0.2, -0.15) is 0 Å². The average molecular weight is 338 g/mol. The van der Waals surface area contributed by atoms with Crippen molar-refractivity contribution < 1.29 is 8.42 Å². The van der Waals surface area contributed by atoms with Gasteiger partial charge in [0.1, 0.15) is 16.4 Å². The molecule has 0 unspecified atom stereocenters. The van der Waals surface area contributed by atoms with Crippen LogP contribution in [0.15, 0.2) is 29.4 Å². The van der Waals surface area contributed by atoms with E-state index in [1.165, 1.54) is 6.26 Å². The molecule has 2 rings (SSSR count). The maximum Gasteiger partial charge on any atom is 0.191 e. The van der Waals surface area contributed by atoms with Crippen LogP contribution in [-0.2, 0) is 16.4 Å². The molecule has 0 fully saturated rings. The summed E-state index contributed by atoms with van der Waals surface area (Å²) < 4.78 is 24.1. The molecule has 8 nitrogen and oxygen atoms in total. The molecule has 0 amide bonds. The first-order chi connectivity index (χ1) is 11.0. The minimum atomic E-state index is -2.93. The monoisotopic (exact) mass is 338 g/mol. The number of hydrogen-bond donors (Lipinski definition) is 2. The molecule has 0 bridgehead atoms. The van der Waals surface area contributed by atoms with Crippen molar-refractivity contribution >= 4 is 21.4 Å². The highest BCUT2D eigenvalue weighted by atomic mass is 32.2. The number of nitrogens with zero attached hydrogens (tertiary/aromatic N) is 4. The average Bonchev–Trinajstić information content (AvgIpc) is 2.91. The van der Waals surface area contributed by atoms with Crippen molar-refractivity contribution in [1.82, 2.24) is 25.2 Å². The minimum Gasteiger partial charge on any atom is -0.357 e. The van der Waals surface area contributed by atoms with Gasteiger partial charge >= 0.3 is 0 Å². The number of nitrogens with one attached hydrogen (secondary N) is 2. The largest absolute Gasteiger partial charge is 0.357 e. The lowest BCUT2D eigenvalue weighted by molar-refractivity contribution is 0.598. The summed E-state index contributed by atoms with van der Waals surface area (Å²) in [7, 11) is -2.93. The van der Waals surface area contributed by atoms with Gasteiger partial charge in [-0.25, -0.2) is 13.4 Å². The van der Waals surface area contributed by atoms with Gasteiger partial charge in [-0.05, 0) is 25.5 Å². The molecule has 0 radical (unpaired) electrons. The van der Waals surface area contributed by atoms with Crippen LogP contribution in [0.3, 0.4) is 0 Å². The van der Waals surface area contributed by atoms with Crippen molar-refractivity contribution in [3.63, 3.8) is 0 Å². The maximum atomic E-state index is 11.1. The van der Waals surface area contributed by atoms with Gasteiger partial charge in [0, 0.05) is 25.5 Å². The Balaban J connectivity index is 1.95. The molecule has 0 saturated heterocycles. The normalized spacial score (nSPS) is 12.5. The Morgan fingerprint density at radius 3 is 2.87 bits per heavy atom.